The van der Waals surface area contributed by atoms with Gasteiger partial charge in [0.15, 0.2) is 6.61 Å². The summed E-state index contributed by atoms with van der Waals surface area (Å²) < 4.78 is 21.5. The highest BCUT2D eigenvalue weighted by atomic mass is 127. The molecule has 0 radical (unpaired) electrons. The number of aromatic nitrogens is 2. The number of amides is 1. The van der Waals surface area contributed by atoms with Gasteiger partial charge in [-0.15, -0.1) is 0 Å². The minimum Gasteiger partial charge on any atom is -0.483 e. The molecular formula is C26H21BrFIN4O3. The maximum atomic E-state index is 13.1. The first kappa shape index (κ1) is 26.0. The van der Waals surface area contributed by atoms with Crippen molar-refractivity contribution in [1.29, 1.82) is 0 Å². The number of hydrogen-bond acceptors (Lipinski definition) is 5. The van der Waals surface area contributed by atoms with E-state index in [-0.39, 0.29) is 23.9 Å². The molecule has 0 saturated heterocycles. The fourth-order valence-corrected chi connectivity index (χ4v) is 4.47. The van der Waals surface area contributed by atoms with Gasteiger partial charge in [0.2, 0.25) is 0 Å². The molecular weight excluding hydrogens is 642 g/mol. The number of halogens is 3. The number of anilines is 1. The van der Waals surface area contributed by atoms with Crippen molar-refractivity contribution in [2.45, 2.75) is 19.8 Å². The number of benzene rings is 3. The van der Waals surface area contributed by atoms with E-state index in [1.165, 1.54) is 28.9 Å². The van der Waals surface area contributed by atoms with Crippen LogP contribution in [0.2, 0.25) is 0 Å². The number of hydrogen-bond donors (Lipinski definition) is 1. The minimum atomic E-state index is -0.376. The van der Waals surface area contributed by atoms with Crippen molar-refractivity contribution in [3.63, 3.8) is 0 Å². The summed E-state index contributed by atoms with van der Waals surface area (Å²) in [4.78, 5) is 29.9. The smallest absolute Gasteiger partial charge is 0.282 e. The Morgan fingerprint density at radius 2 is 1.97 bits per heavy atom. The van der Waals surface area contributed by atoms with Gasteiger partial charge in [0.1, 0.15) is 17.4 Å². The Hall–Kier alpha value is -3.12. The van der Waals surface area contributed by atoms with Crippen LogP contribution in [0.1, 0.15) is 24.7 Å². The van der Waals surface area contributed by atoms with E-state index in [0.717, 1.165) is 20.0 Å². The number of rotatable bonds is 8. The quantitative estimate of drug-likeness (QED) is 0.192. The van der Waals surface area contributed by atoms with Crippen LogP contribution in [0, 0.1) is 9.39 Å². The van der Waals surface area contributed by atoms with Gasteiger partial charge in [-0.25, -0.2) is 9.37 Å². The van der Waals surface area contributed by atoms with E-state index in [0.29, 0.717) is 34.6 Å². The third-order valence-electron chi connectivity index (χ3n) is 5.11. The number of ether oxygens (including phenoxy) is 1. The van der Waals surface area contributed by atoms with E-state index in [1.807, 2.05) is 25.1 Å². The molecule has 1 amide bonds. The molecule has 0 fully saturated rings. The minimum absolute atomic E-state index is 0.199. The number of carbonyl (C=O) groups is 1. The lowest BCUT2D eigenvalue weighted by atomic mass is 10.2. The predicted molar refractivity (Wildman–Crippen MR) is 150 cm³/mol. The lowest BCUT2D eigenvalue weighted by molar-refractivity contribution is -0.118. The lowest BCUT2D eigenvalue weighted by Crippen LogP contribution is -2.22. The Kier molecular flexibility index (Phi) is 8.47. The molecule has 0 aliphatic carbocycles. The van der Waals surface area contributed by atoms with Crippen molar-refractivity contribution in [2.24, 2.45) is 5.10 Å². The second kappa shape index (κ2) is 11.7. The van der Waals surface area contributed by atoms with Crippen LogP contribution in [-0.4, -0.2) is 28.4 Å². The molecule has 4 rings (SSSR count). The van der Waals surface area contributed by atoms with Gasteiger partial charge < -0.3 is 10.1 Å². The standard InChI is InChI=1S/C26H21BrFIN4O3/c1-2-3-24-32-22-10-5-17(27)13-20(22)26(35)33(24)30-14-16-4-11-23(21(29)12-16)36-15-25(34)31-19-8-6-18(28)7-9-19/h4-14H,2-3,15H2,1H3,(H,31,34). The number of fused-ring (bicyclic) bond motifs is 1. The number of nitrogens with one attached hydrogen (secondary N) is 1. The van der Waals surface area contributed by atoms with E-state index in [9.17, 15) is 14.0 Å². The summed E-state index contributed by atoms with van der Waals surface area (Å²) in [6, 6.07) is 16.3. The Morgan fingerprint density at radius 3 is 2.69 bits per heavy atom. The zero-order valence-corrected chi connectivity index (χ0v) is 22.9. The first-order valence-electron chi connectivity index (χ1n) is 11.1. The molecule has 1 N–H and O–H groups in total. The summed E-state index contributed by atoms with van der Waals surface area (Å²) in [6.07, 6.45) is 3.03. The Morgan fingerprint density at radius 1 is 1.19 bits per heavy atom. The van der Waals surface area contributed by atoms with E-state index in [2.05, 4.69) is 53.9 Å². The molecule has 0 aliphatic heterocycles. The summed E-state index contributed by atoms with van der Waals surface area (Å²) in [5, 5.41) is 7.57. The third kappa shape index (κ3) is 6.35. The van der Waals surface area contributed by atoms with Gasteiger partial charge in [-0.1, -0.05) is 22.9 Å². The third-order valence-corrected chi connectivity index (χ3v) is 6.45. The summed E-state index contributed by atoms with van der Waals surface area (Å²) in [6.45, 7) is 1.82. The molecule has 0 aliphatic rings. The molecule has 0 atom stereocenters. The molecule has 184 valence electrons. The number of carbonyl (C=O) groups excluding carboxylic acids is 1. The van der Waals surface area contributed by atoms with Gasteiger partial charge >= 0.3 is 0 Å². The number of nitrogens with zero attached hydrogens (tertiary/aromatic N) is 3. The molecule has 4 aromatic rings. The molecule has 0 saturated carbocycles. The maximum absolute atomic E-state index is 13.1. The van der Waals surface area contributed by atoms with Gasteiger partial charge in [0.25, 0.3) is 11.5 Å². The highest BCUT2D eigenvalue weighted by Gasteiger charge is 2.11. The Balaban J connectivity index is 1.49. The first-order chi connectivity index (χ1) is 17.3. The number of aryl methyl sites for hydroxylation is 1. The van der Waals surface area contributed by atoms with Crippen molar-refractivity contribution in [3.05, 3.63) is 96.3 Å². The monoisotopic (exact) mass is 662 g/mol. The van der Waals surface area contributed by atoms with Crippen LogP contribution >= 0.6 is 38.5 Å². The van der Waals surface area contributed by atoms with Crippen LogP contribution in [0.3, 0.4) is 0 Å². The van der Waals surface area contributed by atoms with E-state index in [4.69, 9.17) is 4.74 Å². The SMILES string of the molecule is CCCc1nc2ccc(Br)cc2c(=O)n1N=Cc1ccc(OCC(=O)Nc2ccc(F)cc2)c(I)c1. The van der Waals surface area contributed by atoms with Crippen LogP contribution < -0.4 is 15.6 Å². The predicted octanol–water partition coefficient (Wildman–Crippen LogP) is 5.75. The second-order valence-electron chi connectivity index (χ2n) is 7.83. The topological polar surface area (TPSA) is 85.6 Å². The largest absolute Gasteiger partial charge is 0.483 e. The molecule has 0 bridgehead atoms. The van der Waals surface area contributed by atoms with Gasteiger partial charge in [0.05, 0.1) is 20.7 Å². The summed E-state index contributed by atoms with van der Waals surface area (Å²) >= 11 is 5.52. The second-order valence-corrected chi connectivity index (χ2v) is 9.91. The summed E-state index contributed by atoms with van der Waals surface area (Å²) in [5.41, 5.74) is 1.64. The summed E-state index contributed by atoms with van der Waals surface area (Å²) in [5.74, 6) is 0.388. The van der Waals surface area contributed by atoms with E-state index in [1.54, 1.807) is 24.4 Å². The van der Waals surface area contributed by atoms with Gasteiger partial charge in [-0.3, -0.25) is 9.59 Å². The first-order valence-corrected chi connectivity index (χ1v) is 12.9. The van der Waals surface area contributed by atoms with Gasteiger partial charge in [-0.05, 0) is 95.2 Å². The van der Waals surface area contributed by atoms with E-state index < -0.39 is 0 Å². The Bertz CT molecular complexity index is 1510. The van der Waals surface area contributed by atoms with Crippen LogP contribution in [0.4, 0.5) is 10.1 Å². The van der Waals surface area contributed by atoms with Crippen molar-refractivity contribution < 1.29 is 13.9 Å². The average molecular weight is 663 g/mol. The molecule has 3 aromatic carbocycles. The molecule has 1 heterocycles. The van der Waals surface area contributed by atoms with Gasteiger partial charge in [0, 0.05) is 16.6 Å². The van der Waals surface area contributed by atoms with Crippen molar-refractivity contribution in [1.82, 2.24) is 9.66 Å². The fraction of sp³-hybridized carbons (Fsp3) is 0.154. The van der Waals surface area contributed by atoms with Gasteiger partial charge in [-0.2, -0.15) is 9.78 Å². The normalized spacial score (nSPS) is 11.2. The molecule has 0 spiro atoms. The van der Waals surface area contributed by atoms with Crippen molar-refractivity contribution >= 4 is 67.2 Å². The molecule has 36 heavy (non-hydrogen) atoms. The zero-order chi connectivity index (χ0) is 25.7. The molecule has 7 nitrogen and oxygen atoms in total. The summed E-state index contributed by atoms with van der Waals surface area (Å²) in [7, 11) is 0. The zero-order valence-electron chi connectivity index (χ0n) is 19.2. The van der Waals surface area contributed by atoms with Crippen LogP contribution in [-0.2, 0) is 11.2 Å². The lowest BCUT2D eigenvalue weighted by Gasteiger charge is -2.10. The van der Waals surface area contributed by atoms with Crippen LogP contribution in [0.25, 0.3) is 10.9 Å². The van der Waals surface area contributed by atoms with E-state index >= 15 is 0 Å². The maximum Gasteiger partial charge on any atom is 0.282 e. The highest BCUT2D eigenvalue weighted by molar-refractivity contribution is 14.1. The molecule has 1 aromatic heterocycles. The molecule has 0 unspecified atom stereocenters. The van der Waals surface area contributed by atoms with Crippen LogP contribution in [0.5, 0.6) is 5.75 Å². The average Bonchev–Trinajstić information content (AvgIpc) is 2.85. The van der Waals surface area contributed by atoms with Crippen molar-refractivity contribution in [3.8, 4) is 5.75 Å². The van der Waals surface area contributed by atoms with Crippen LogP contribution in [0.15, 0.2) is 75.0 Å². The fourth-order valence-electron chi connectivity index (χ4n) is 3.41. The highest BCUT2D eigenvalue weighted by Crippen LogP contribution is 2.22. The Labute approximate surface area is 228 Å². The van der Waals surface area contributed by atoms with Crippen molar-refractivity contribution in [2.75, 3.05) is 11.9 Å². The molecule has 10 heteroatoms.